The zero-order valence-corrected chi connectivity index (χ0v) is 13.4. The molecule has 4 rings (SSSR count). The second kappa shape index (κ2) is 5.87. The fraction of sp³-hybridized carbons (Fsp3) is 0.235. The standard InChI is InChI=1S/C17H14ClFN4O/c18-14-4-1-5-15(19)13(14)10-22-17(24)23(12-6-7-12)16(21-22)11-3-2-8-20-9-11/h1-5,8-9,12H,6-7,10H2. The maximum absolute atomic E-state index is 14.0. The molecule has 1 fully saturated rings. The predicted molar refractivity (Wildman–Crippen MR) is 88.5 cm³/mol. The van der Waals surface area contributed by atoms with Gasteiger partial charge in [-0.3, -0.25) is 9.55 Å². The molecule has 5 nitrogen and oxygen atoms in total. The van der Waals surface area contributed by atoms with Gasteiger partial charge in [0.2, 0.25) is 0 Å². The molecule has 1 aromatic carbocycles. The van der Waals surface area contributed by atoms with Crippen LogP contribution in [0.15, 0.2) is 47.5 Å². The van der Waals surface area contributed by atoms with Gasteiger partial charge in [0, 0.05) is 34.6 Å². The smallest absolute Gasteiger partial charge is 0.272 e. The molecule has 0 atom stereocenters. The van der Waals surface area contributed by atoms with E-state index in [1.54, 1.807) is 29.1 Å². The van der Waals surface area contributed by atoms with Crippen molar-refractivity contribution < 1.29 is 4.39 Å². The maximum atomic E-state index is 14.0. The summed E-state index contributed by atoms with van der Waals surface area (Å²) in [6.45, 7) is -0.00266. The van der Waals surface area contributed by atoms with E-state index in [0.29, 0.717) is 5.82 Å². The van der Waals surface area contributed by atoms with E-state index in [-0.39, 0.29) is 28.9 Å². The minimum atomic E-state index is -0.446. The summed E-state index contributed by atoms with van der Waals surface area (Å²) in [5.41, 5.74) is 0.773. The maximum Gasteiger partial charge on any atom is 0.346 e. The Morgan fingerprint density at radius 2 is 2.08 bits per heavy atom. The van der Waals surface area contributed by atoms with E-state index in [1.165, 1.54) is 16.8 Å². The lowest BCUT2D eigenvalue weighted by Crippen LogP contribution is -2.25. The normalized spacial score (nSPS) is 14.1. The molecule has 2 aromatic heterocycles. The zero-order valence-electron chi connectivity index (χ0n) is 12.7. The SMILES string of the molecule is O=c1n(Cc2c(F)cccc2Cl)nc(-c2cccnc2)n1C1CC1. The summed E-state index contributed by atoms with van der Waals surface area (Å²) < 4.78 is 17.0. The minimum Gasteiger partial charge on any atom is -0.272 e. The lowest BCUT2D eigenvalue weighted by molar-refractivity contribution is 0.571. The molecular formula is C17H14ClFN4O. The fourth-order valence-electron chi connectivity index (χ4n) is 2.71. The number of aromatic nitrogens is 4. The molecule has 0 amide bonds. The van der Waals surface area contributed by atoms with Gasteiger partial charge in [0.1, 0.15) is 5.82 Å². The number of nitrogens with zero attached hydrogens (tertiary/aromatic N) is 4. The molecular weight excluding hydrogens is 331 g/mol. The Kier molecular flexibility index (Phi) is 3.69. The monoisotopic (exact) mass is 344 g/mol. The van der Waals surface area contributed by atoms with E-state index in [0.717, 1.165) is 18.4 Å². The third-order valence-electron chi connectivity index (χ3n) is 4.07. The van der Waals surface area contributed by atoms with Crippen LogP contribution in [-0.4, -0.2) is 19.3 Å². The first kappa shape index (κ1) is 15.1. The van der Waals surface area contributed by atoms with Crippen molar-refractivity contribution in [2.45, 2.75) is 25.4 Å². The molecule has 2 heterocycles. The van der Waals surface area contributed by atoms with Crippen LogP contribution in [0.25, 0.3) is 11.4 Å². The number of rotatable bonds is 4. The van der Waals surface area contributed by atoms with E-state index >= 15 is 0 Å². The van der Waals surface area contributed by atoms with Crippen molar-refractivity contribution in [3.05, 3.63) is 69.6 Å². The number of halogens is 2. The summed E-state index contributed by atoms with van der Waals surface area (Å²) in [4.78, 5) is 16.8. The average Bonchev–Trinajstić information content (AvgIpc) is 3.37. The molecule has 3 aromatic rings. The second-order valence-electron chi connectivity index (χ2n) is 5.81. The van der Waals surface area contributed by atoms with Crippen molar-refractivity contribution in [3.63, 3.8) is 0 Å². The van der Waals surface area contributed by atoms with Gasteiger partial charge in [-0.25, -0.2) is 13.9 Å². The molecule has 1 saturated carbocycles. The fourth-order valence-corrected chi connectivity index (χ4v) is 2.93. The van der Waals surface area contributed by atoms with Gasteiger partial charge in [0.05, 0.1) is 6.54 Å². The van der Waals surface area contributed by atoms with E-state index in [4.69, 9.17) is 11.6 Å². The number of pyridine rings is 1. The Morgan fingerprint density at radius 1 is 1.25 bits per heavy atom. The summed E-state index contributed by atoms with van der Waals surface area (Å²) in [7, 11) is 0. The summed E-state index contributed by atoms with van der Waals surface area (Å²) in [5.74, 6) is 0.112. The van der Waals surface area contributed by atoms with Crippen LogP contribution < -0.4 is 5.69 Å². The van der Waals surface area contributed by atoms with Crippen molar-refractivity contribution >= 4 is 11.6 Å². The third-order valence-corrected chi connectivity index (χ3v) is 4.43. The van der Waals surface area contributed by atoms with Gasteiger partial charge in [-0.05, 0) is 37.1 Å². The largest absolute Gasteiger partial charge is 0.346 e. The quantitative estimate of drug-likeness (QED) is 0.729. The second-order valence-corrected chi connectivity index (χ2v) is 6.21. The van der Waals surface area contributed by atoms with Gasteiger partial charge in [-0.15, -0.1) is 5.10 Å². The predicted octanol–water partition coefficient (Wildman–Crippen LogP) is 3.28. The van der Waals surface area contributed by atoms with Crippen LogP contribution in [0.4, 0.5) is 4.39 Å². The highest BCUT2D eigenvalue weighted by Gasteiger charge is 2.30. The Morgan fingerprint density at radius 3 is 2.75 bits per heavy atom. The van der Waals surface area contributed by atoms with Crippen molar-refractivity contribution in [1.82, 2.24) is 19.3 Å². The topological polar surface area (TPSA) is 52.7 Å². The van der Waals surface area contributed by atoms with Gasteiger partial charge in [-0.1, -0.05) is 17.7 Å². The minimum absolute atomic E-state index is 0.00266. The number of benzene rings is 1. The van der Waals surface area contributed by atoms with Crippen molar-refractivity contribution in [2.75, 3.05) is 0 Å². The van der Waals surface area contributed by atoms with E-state index in [9.17, 15) is 9.18 Å². The van der Waals surface area contributed by atoms with Gasteiger partial charge in [-0.2, -0.15) is 0 Å². The Labute approximate surface area is 142 Å². The van der Waals surface area contributed by atoms with Crippen LogP contribution in [0.3, 0.4) is 0 Å². The van der Waals surface area contributed by atoms with E-state index < -0.39 is 5.82 Å². The van der Waals surface area contributed by atoms with Gasteiger partial charge in [0.15, 0.2) is 5.82 Å². The Hall–Kier alpha value is -2.47. The van der Waals surface area contributed by atoms with Gasteiger partial charge >= 0.3 is 5.69 Å². The summed E-state index contributed by atoms with van der Waals surface area (Å²) in [6.07, 6.45) is 5.22. The average molecular weight is 345 g/mol. The van der Waals surface area contributed by atoms with Crippen molar-refractivity contribution in [2.24, 2.45) is 0 Å². The summed E-state index contributed by atoms with van der Waals surface area (Å²) in [6, 6.07) is 8.26. The third kappa shape index (κ3) is 2.63. The van der Waals surface area contributed by atoms with Crippen molar-refractivity contribution in [1.29, 1.82) is 0 Å². The van der Waals surface area contributed by atoms with Crippen LogP contribution in [0.5, 0.6) is 0 Å². The molecule has 0 N–H and O–H groups in total. The molecule has 0 aliphatic heterocycles. The Bertz CT molecular complexity index is 927. The summed E-state index contributed by atoms with van der Waals surface area (Å²) >= 11 is 6.07. The number of hydrogen-bond donors (Lipinski definition) is 0. The first-order chi connectivity index (χ1) is 11.6. The lowest BCUT2D eigenvalue weighted by atomic mass is 10.2. The van der Waals surface area contributed by atoms with Crippen LogP contribution in [0, 0.1) is 5.82 Å². The Balaban J connectivity index is 1.82. The van der Waals surface area contributed by atoms with Gasteiger partial charge in [0.25, 0.3) is 0 Å². The van der Waals surface area contributed by atoms with Crippen molar-refractivity contribution in [3.8, 4) is 11.4 Å². The zero-order chi connectivity index (χ0) is 16.7. The highest BCUT2D eigenvalue weighted by Crippen LogP contribution is 2.36. The first-order valence-corrected chi connectivity index (χ1v) is 8.05. The molecule has 7 heteroatoms. The molecule has 0 radical (unpaired) electrons. The highest BCUT2D eigenvalue weighted by atomic mass is 35.5. The molecule has 1 aliphatic carbocycles. The molecule has 0 spiro atoms. The first-order valence-electron chi connectivity index (χ1n) is 7.68. The molecule has 0 unspecified atom stereocenters. The van der Waals surface area contributed by atoms with Crippen LogP contribution in [-0.2, 0) is 6.54 Å². The molecule has 0 saturated heterocycles. The van der Waals surface area contributed by atoms with Gasteiger partial charge < -0.3 is 0 Å². The molecule has 1 aliphatic rings. The van der Waals surface area contributed by atoms with E-state index in [1.807, 2.05) is 6.07 Å². The van der Waals surface area contributed by atoms with Crippen LogP contribution in [0.1, 0.15) is 24.4 Å². The lowest BCUT2D eigenvalue weighted by Gasteiger charge is -2.04. The van der Waals surface area contributed by atoms with E-state index in [2.05, 4.69) is 10.1 Å². The highest BCUT2D eigenvalue weighted by molar-refractivity contribution is 6.31. The molecule has 122 valence electrons. The van der Waals surface area contributed by atoms with Crippen LogP contribution >= 0.6 is 11.6 Å². The number of hydrogen-bond acceptors (Lipinski definition) is 3. The molecule has 0 bridgehead atoms. The molecule has 24 heavy (non-hydrogen) atoms. The summed E-state index contributed by atoms with van der Waals surface area (Å²) in [5, 5.41) is 4.70. The van der Waals surface area contributed by atoms with Crippen LogP contribution in [0.2, 0.25) is 5.02 Å².